The number of anilines is 1. The molecule has 1 amide bonds. The molecule has 1 aromatic rings. The van der Waals surface area contributed by atoms with Gasteiger partial charge in [-0.2, -0.15) is 0 Å². The third kappa shape index (κ3) is 3.03. The molecule has 1 atom stereocenters. The third-order valence-corrected chi connectivity index (χ3v) is 3.84. The van der Waals surface area contributed by atoms with Crippen molar-refractivity contribution >= 4 is 17.6 Å². The number of ketones is 1. The van der Waals surface area contributed by atoms with Crippen LogP contribution in [0.3, 0.4) is 0 Å². The summed E-state index contributed by atoms with van der Waals surface area (Å²) < 4.78 is 0. The second-order valence-corrected chi connectivity index (χ2v) is 5.49. The molecule has 0 bridgehead atoms. The van der Waals surface area contributed by atoms with Gasteiger partial charge in [-0.3, -0.25) is 14.9 Å². The number of hydrogen-bond donors (Lipinski definition) is 1. The van der Waals surface area contributed by atoms with Gasteiger partial charge < -0.3 is 0 Å². The highest BCUT2D eigenvalue weighted by Gasteiger charge is 2.25. The van der Waals surface area contributed by atoms with Crippen LogP contribution in [0.1, 0.15) is 56.1 Å². The van der Waals surface area contributed by atoms with E-state index < -0.39 is 0 Å². The van der Waals surface area contributed by atoms with Crippen LogP contribution in [-0.4, -0.2) is 21.7 Å². The molecule has 1 heterocycles. The van der Waals surface area contributed by atoms with Crippen molar-refractivity contribution in [3.63, 3.8) is 0 Å². The quantitative estimate of drug-likeness (QED) is 0.916. The average Bonchev–Trinajstić information content (AvgIpc) is 2.39. The molecular formula is C15H21N3O2. The van der Waals surface area contributed by atoms with Gasteiger partial charge in [-0.1, -0.05) is 20.8 Å². The van der Waals surface area contributed by atoms with E-state index in [1.54, 1.807) is 6.20 Å². The van der Waals surface area contributed by atoms with Crippen LogP contribution in [0.5, 0.6) is 0 Å². The molecule has 1 aromatic heterocycles. The van der Waals surface area contributed by atoms with Crippen molar-refractivity contribution in [2.24, 2.45) is 11.8 Å². The van der Waals surface area contributed by atoms with Crippen molar-refractivity contribution in [2.75, 3.05) is 5.32 Å². The first kappa shape index (κ1) is 14.6. The van der Waals surface area contributed by atoms with Crippen LogP contribution in [0.2, 0.25) is 0 Å². The average molecular weight is 275 g/mol. The Balaban J connectivity index is 2.17. The summed E-state index contributed by atoms with van der Waals surface area (Å²) in [6, 6.07) is 0. The highest BCUT2D eigenvalue weighted by Crippen LogP contribution is 2.24. The Hall–Kier alpha value is -1.78. The zero-order valence-corrected chi connectivity index (χ0v) is 12.3. The Morgan fingerprint density at radius 1 is 1.40 bits per heavy atom. The van der Waals surface area contributed by atoms with Crippen LogP contribution in [0, 0.1) is 11.8 Å². The SMILES string of the molecule is CCC(CC)C(=O)Nc1ncc2c(n1)CC(C)CC2=O. The van der Waals surface area contributed by atoms with Gasteiger partial charge in [0.1, 0.15) is 0 Å². The summed E-state index contributed by atoms with van der Waals surface area (Å²) in [6.45, 7) is 6.01. The number of nitrogens with one attached hydrogen (secondary N) is 1. The Bertz CT molecular complexity index is 524. The van der Waals surface area contributed by atoms with Gasteiger partial charge in [0, 0.05) is 18.5 Å². The van der Waals surface area contributed by atoms with Crippen LogP contribution < -0.4 is 5.32 Å². The standard InChI is InChI=1S/C15H21N3O2/c1-4-10(5-2)14(20)18-15-16-8-11-12(17-15)6-9(3)7-13(11)19/h8-10H,4-7H2,1-3H3,(H,16,17,18,20). The van der Waals surface area contributed by atoms with Gasteiger partial charge in [0.25, 0.3) is 0 Å². The van der Waals surface area contributed by atoms with Gasteiger partial charge in [-0.05, 0) is 25.2 Å². The number of fused-ring (bicyclic) bond motifs is 1. The second-order valence-electron chi connectivity index (χ2n) is 5.49. The fourth-order valence-electron chi connectivity index (χ4n) is 2.57. The van der Waals surface area contributed by atoms with E-state index in [2.05, 4.69) is 15.3 Å². The minimum Gasteiger partial charge on any atom is -0.294 e. The van der Waals surface area contributed by atoms with Gasteiger partial charge in [-0.25, -0.2) is 9.97 Å². The largest absolute Gasteiger partial charge is 0.294 e. The molecule has 20 heavy (non-hydrogen) atoms. The lowest BCUT2D eigenvalue weighted by molar-refractivity contribution is -0.120. The first-order valence-corrected chi connectivity index (χ1v) is 7.25. The Morgan fingerprint density at radius 3 is 2.75 bits per heavy atom. The number of carbonyl (C=O) groups is 2. The van der Waals surface area contributed by atoms with Crippen molar-refractivity contribution in [3.05, 3.63) is 17.5 Å². The highest BCUT2D eigenvalue weighted by atomic mass is 16.2. The topological polar surface area (TPSA) is 72.0 Å². The van der Waals surface area contributed by atoms with Crippen molar-refractivity contribution in [3.8, 4) is 0 Å². The fourth-order valence-corrected chi connectivity index (χ4v) is 2.57. The number of nitrogens with zero attached hydrogens (tertiary/aromatic N) is 2. The summed E-state index contributed by atoms with van der Waals surface area (Å²) >= 11 is 0. The monoisotopic (exact) mass is 275 g/mol. The predicted octanol–water partition coefficient (Wildman–Crippen LogP) is 2.62. The first-order chi connectivity index (χ1) is 9.55. The lowest BCUT2D eigenvalue weighted by atomic mass is 9.88. The van der Waals surface area contributed by atoms with Crippen LogP contribution in [0.4, 0.5) is 5.95 Å². The minimum absolute atomic E-state index is 0.0183. The number of hydrogen-bond acceptors (Lipinski definition) is 4. The number of rotatable bonds is 4. The van der Waals surface area contributed by atoms with Crippen molar-refractivity contribution < 1.29 is 9.59 Å². The van der Waals surface area contributed by atoms with E-state index in [4.69, 9.17) is 0 Å². The zero-order valence-electron chi connectivity index (χ0n) is 12.3. The van der Waals surface area contributed by atoms with Crippen LogP contribution >= 0.6 is 0 Å². The molecule has 0 aliphatic heterocycles. The van der Waals surface area contributed by atoms with E-state index in [0.29, 0.717) is 23.9 Å². The molecule has 1 aliphatic carbocycles. The summed E-state index contributed by atoms with van der Waals surface area (Å²) in [5.74, 6) is 0.631. The van der Waals surface area contributed by atoms with Crippen molar-refractivity contribution in [1.82, 2.24) is 9.97 Å². The third-order valence-electron chi connectivity index (χ3n) is 3.84. The molecule has 108 valence electrons. The smallest absolute Gasteiger partial charge is 0.229 e. The normalized spacial score (nSPS) is 18.0. The Labute approximate surface area is 119 Å². The van der Waals surface area contributed by atoms with Gasteiger partial charge >= 0.3 is 0 Å². The summed E-state index contributed by atoms with van der Waals surface area (Å²) in [4.78, 5) is 32.3. The zero-order chi connectivity index (χ0) is 14.7. The number of aromatic nitrogens is 2. The molecule has 1 aliphatic rings. The van der Waals surface area contributed by atoms with E-state index in [-0.39, 0.29) is 17.6 Å². The van der Waals surface area contributed by atoms with Crippen molar-refractivity contribution in [1.29, 1.82) is 0 Å². The van der Waals surface area contributed by atoms with Crippen LogP contribution in [0.25, 0.3) is 0 Å². The van der Waals surface area contributed by atoms with Gasteiger partial charge in [0.2, 0.25) is 11.9 Å². The maximum atomic E-state index is 12.0. The van der Waals surface area contributed by atoms with Gasteiger partial charge in [-0.15, -0.1) is 0 Å². The Morgan fingerprint density at radius 2 is 2.10 bits per heavy atom. The lowest BCUT2D eigenvalue weighted by Gasteiger charge is -2.19. The fraction of sp³-hybridized carbons (Fsp3) is 0.600. The summed E-state index contributed by atoms with van der Waals surface area (Å²) in [5, 5.41) is 2.75. The van der Waals surface area contributed by atoms with E-state index in [9.17, 15) is 9.59 Å². The predicted molar refractivity (Wildman–Crippen MR) is 76.5 cm³/mol. The summed E-state index contributed by atoms with van der Waals surface area (Å²) in [7, 11) is 0. The van der Waals surface area contributed by atoms with E-state index in [1.807, 2.05) is 20.8 Å². The Kier molecular flexibility index (Phi) is 4.47. The molecule has 1 unspecified atom stereocenters. The number of carbonyl (C=O) groups excluding carboxylic acids is 2. The molecule has 2 rings (SSSR count). The van der Waals surface area contributed by atoms with Crippen LogP contribution in [0.15, 0.2) is 6.20 Å². The number of amides is 1. The molecule has 0 aromatic carbocycles. The van der Waals surface area contributed by atoms with Gasteiger partial charge in [0.05, 0.1) is 11.3 Å². The van der Waals surface area contributed by atoms with Gasteiger partial charge in [0.15, 0.2) is 5.78 Å². The maximum absolute atomic E-state index is 12.0. The molecule has 5 nitrogen and oxygen atoms in total. The maximum Gasteiger partial charge on any atom is 0.229 e. The molecule has 0 fully saturated rings. The second kappa shape index (κ2) is 6.11. The highest BCUT2D eigenvalue weighted by molar-refractivity contribution is 5.98. The lowest BCUT2D eigenvalue weighted by Crippen LogP contribution is -2.25. The van der Waals surface area contributed by atoms with E-state index in [1.165, 1.54) is 0 Å². The van der Waals surface area contributed by atoms with E-state index >= 15 is 0 Å². The molecule has 1 N–H and O–H groups in total. The molecule has 0 saturated carbocycles. The molecule has 0 saturated heterocycles. The van der Waals surface area contributed by atoms with Crippen molar-refractivity contribution in [2.45, 2.75) is 46.5 Å². The molecular weight excluding hydrogens is 254 g/mol. The first-order valence-electron chi connectivity index (χ1n) is 7.25. The number of Topliss-reactive ketones (excluding diaryl/α,β-unsaturated/α-hetero) is 1. The molecule has 0 radical (unpaired) electrons. The molecule has 5 heteroatoms. The summed E-state index contributed by atoms with van der Waals surface area (Å²) in [6.07, 6.45) is 4.44. The summed E-state index contributed by atoms with van der Waals surface area (Å²) in [5.41, 5.74) is 1.35. The molecule has 0 spiro atoms. The van der Waals surface area contributed by atoms with E-state index in [0.717, 1.165) is 25.0 Å². The minimum atomic E-state index is -0.0508. The van der Waals surface area contributed by atoms with Crippen LogP contribution in [-0.2, 0) is 11.2 Å².